The van der Waals surface area contributed by atoms with Crippen molar-refractivity contribution in [1.29, 1.82) is 0 Å². The second-order valence-electron chi connectivity index (χ2n) is 4.76. The van der Waals surface area contributed by atoms with E-state index in [2.05, 4.69) is 22.4 Å². The van der Waals surface area contributed by atoms with Gasteiger partial charge in [-0.1, -0.05) is 0 Å². The lowest BCUT2D eigenvalue weighted by Gasteiger charge is -2.15. The Morgan fingerprint density at radius 1 is 1.67 bits per heavy atom. The lowest BCUT2D eigenvalue weighted by molar-refractivity contribution is 0.0944. The Hall–Kier alpha value is -1.56. The zero-order valence-electron chi connectivity index (χ0n) is 11.0. The number of likely N-dealkylation sites (N-methyl/N-ethyl adjacent to an activating group) is 1. The first kappa shape index (κ1) is 12.9. The smallest absolute Gasteiger partial charge is 0.273 e. The Morgan fingerprint density at radius 3 is 2.94 bits per heavy atom. The molecule has 18 heavy (non-hydrogen) atoms. The van der Waals surface area contributed by atoms with Crippen molar-refractivity contribution in [2.24, 2.45) is 0 Å². The fourth-order valence-corrected chi connectivity index (χ4v) is 1.90. The Labute approximate surface area is 107 Å². The van der Waals surface area contributed by atoms with Gasteiger partial charge in [-0.05, 0) is 26.8 Å². The Morgan fingerprint density at radius 2 is 2.39 bits per heavy atom. The maximum Gasteiger partial charge on any atom is 0.273 e. The first-order chi connectivity index (χ1) is 8.61. The number of anilines is 1. The Balaban J connectivity index is 1.81. The van der Waals surface area contributed by atoms with Gasteiger partial charge in [-0.2, -0.15) is 5.10 Å². The number of aryl methyl sites for hydroxylation is 1. The molecular formula is C12H21N5O. The number of nitrogens with two attached hydrogens (primary N) is 1. The number of nitrogen functional groups attached to an aromatic ring is 1. The summed E-state index contributed by atoms with van der Waals surface area (Å²) in [4.78, 5) is 14.1. The summed E-state index contributed by atoms with van der Waals surface area (Å²) in [7, 11) is 2.09. The van der Waals surface area contributed by atoms with Gasteiger partial charge in [0.2, 0.25) is 0 Å². The van der Waals surface area contributed by atoms with E-state index < -0.39 is 0 Å². The quantitative estimate of drug-likeness (QED) is 0.763. The molecule has 6 nitrogen and oxygen atoms in total. The van der Waals surface area contributed by atoms with Crippen LogP contribution in [-0.4, -0.2) is 46.8 Å². The van der Waals surface area contributed by atoms with E-state index in [0.29, 0.717) is 30.5 Å². The summed E-state index contributed by atoms with van der Waals surface area (Å²) >= 11 is 0. The van der Waals surface area contributed by atoms with Gasteiger partial charge in [0.15, 0.2) is 5.69 Å². The summed E-state index contributed by atoms with van der Waals surface area (Å²) in [6.45, 7) is 4.16. The number of aromatic nitrogens is 2. The predicted molar refractivity (Wildman–Crippen MR) is 70.3 cm³/mol. The van der Waals surface area contributed by atoms with Crippen LogP contribution in [-0.2, 0) is 6.54 Å². The molecular weight excluding hydrogens is 230 g/mol. The highest BCUT2D eigenvalue weighted by atomic mass is 16.2. The fraction of sp³-hybridized carbons (Fsp3) is 0.667. The second kappa shape index (κ2) is 5.39. The van der Waals surface area contributed by atoms with Crippen LogP contribution in [0.25, 0.3) is 0 Å². The van der Waals surface area contributed by atoms with Crippen LogP contribution < -0.4 is 11.1 Å². The SMILES string of the molecule is CCn1cc(N)c(C(=O)NCCN(C)C2CC2)n1. The molecule has 1 heterocycles. The third kappa shape index (κ3) is 3.01. The van der Waals surface area contributed by atoms with Gasteiger partial charge in [-0.15, -0.1) is 0 Å². The van der Waals surface area contributed by atoms with E-state index in [1.54, 1.807) is 10.9 Å². The minimum atomic E-state index is -0.191. The number of carbonyl (C=O) groups is 1. The van der Waals surface area contributed by atoms with Gasteiger partial charge >= 0.3 is 0 Å². The van der Waals surface area contributed by atoms with E-state index >= 15 is 0 Å². The molecule has 1 aromatic rings. The molecule has 1 aromatic heterocycles. The Bertz CT molecular complexity index is 424. The van der Waals surface area contributed by atoms with Crippen molar-refractivity contribution in [2.45, 2.75) is 32.4 Å². The van der Waals surface area contributed by atoms with Crippen molar-refractivity contribution < 1.29 is 4.79 Å². The number of amides is 1. The number of hydrogen-bond donors (Lipinski definition) is 2. The van der Waals surface area contributed by atoms with Gasteiger partial charge in [-0.25, -0.2) is 0 Å². The molecule has 1 aliphatic rings. The van der Waals surface area contributed by atoms with Crippen molar-refractivity contribution in [3.05, 3.63) is 11.9 Å². The van der Waals surface area contributed by atoms with Crippen molar-refractivity contribution in [3.63, 3.8) is 0 Å². The van der Waals surface area contributed by atoms with E-state index in [9.17, 15) is 4.79 Å². The van der Waals surface area contributed by atoms with Crippen LogP contribution in [0.5, 0.6) is 0 Å². The molecule has 6 heteroatoms. The zero-order chi connectivity index (χ0) is 13.1. The number of nitrogens with zero attached hydrogens (tertiary/aromatic N) is 3. The molecule has 0 radical (unpaired) electrons. The van der Waals surface area contributed by atoms with Crippen LogP contribution in [0.1, 0.15) is 30.3 Å². The maximum atomic E-state index is 11.9. The van der Waals surface area contributed by atoms with Crippen LogP contribution in [0.15, 0.2) is 6.20 Å². The van der Waals surface area contributed by atoms with Gasteiger partial charge in [0.25, 0.3) is 5.91 Å². The predicted octanol–water partition coefficient (Wildman–Crippen LogP) is 0.309. The number of rotatable bonds is 6. The average molecular weight is 251 g/mol. The molecule has 0 spiro atoms. The van der Waals surface area contributed by atoms with E-state index in [1.807, 2.05) is 6.92 Å². The van der Waals surface area contributed by atoms with Gasteiger partial charge in [0.05, 0.1) is 5.69 Å². The normalized spacial score (nSPS) is 15.1. The highest BCUT2D eigenvalue weighted by Gasteiger charge is 2.25. The number of nitrogens with one attached hydrogen (secondary N) is 1. The molecule has 100 valence electrons. The molecule has 0 saturated heterocycles. The molecule has 0 aromatic carbocycles. The summed E-state index contributed by atoms with van der Waals surface area (Å²) in [5, 5.41) is 6.99. The first-order valence-electron chi connectivity index (χ1n) is 6.43. The lowest BCUT2D eigenvalue weighted by Crippen LogP contribution is -2.34. The van der Waals surface area contributed by atoms with Crippen LogP contribution in [0.4, 0.5) is 5.69 Å². The van der Waals surface area contributed by atoms with E-state index in [0.717, 1.165) is 6.54 Å². The van der Waals surface area contributed by atoms with Gasteiger partial charge < -0.3 is 16.0 Å². The monoisotopic (exact) mass is 251 g/mol. The third-order valence-electron chi connectivity index (χ3n) is 3.25. The highest BCUT2D eigenvalue weighted by Crippen LogP contribution is 2.24. The number of carbonyl (C=O) groups excluding carboxylic acids is 1. The summed E-state index contributed by atoms with van der Waals surface area (Å²) in [5.74, 6) is -0.191. The molecule has 0 aliphatic heterocycles. The maximum absolute atomic E-state index is 11.9. The first-order valence-corrected chi connectivity index (χ1v) is 6.43. The minimum Gasteiger partial charge on any atom is -0.396 e. The van der Waals surface area contributed by atoms with Crippen molar-refractivity contribution in [1.82, 2.24) is 20.0 Å². The van der Waals surface area contributed by atoms with Crippen molar-refractivity contribution in [2.75, 3.05) is 25.9 Å². The topological polar surface area (TPSA) is 76.2 Å². The minimum absolute atomic E-state index is 0.191. The van der Waals surface area contributed by atoms with Gasteiger partial charge in [0.1, 0.15) is 0 Å². The van der Waals surface area contributed by atoms with E-state index in [-0.39, 0.29) is 5.91 Å². The summed E-state index contributed by atoms with van der Waals surface area (Å²) in [5.41, 5.74) is 6.51. The van der Waals surface area contributed by atoms with E-state index in [4.69, 9.17) is 5.73 Å². The van der Waals surface area contributed by atoms with Crippen LogP contribution in [0, 0.1) is 0 Å². The third-order valence-corrected chi connectivity index (χ3v) is 3.25. The van der Waals surface area contributed by atoms with Gasteiger partial charge in [-0.3, -0.25) is 9.48 Å². The molecule has 1 amide bonds. The zero-order valence-corrected chi connectivity index (χ0v) is 11.0. The molecule has 3 N–H and O–H groups in total. The van der Waals surface area contributed by atoms with E-state index in [1.165, 1.54) is 12.8 Å². The average Bonchev–Trinajstić information content (AvgIpc) is 3.12. The van der Waals surface area contributed by atoms with Crippen molar-refractivity contribution in [3.8, 4) is 0 Å². The second-order valence-corrected chi connectivity index (χ2v) is 4.76. The largest absolute Gasteiger partial charge is 0.396 e. The summed E-state index contributed by atoms with van der Waals surface area (Å²) in [6, 6.07) is 0.714. The Kier molecular flexibility index (Phi) is 3.86. The molecule has 0 unspecified atom stereocenters. The fourth-order valence-electron chi connectivity index (χ4n) is 1.90. The molecule has 0 bridgehead atoms. The van der Waals surface area contributed by atoms with Crippen LogP contribution >= 0.6 is 0 Å². The molecule has 0 atom stereocenters. The molecule has 2 rings (SSSR count). The molecule has 1 aliphatic carbocycles. The molecule has 1 fully saturated rings. The lowest BCUT2D eigenvalue weighted by atomic mass is 10.3. The molecule has 1 saturated carbocycles. The van der Waals surface area contributed by atoms with Gasteiger partial charge in [0, 0.05) is 31.9 Å². The van der Waals surface area contributed by atoms with Crippen molar-refractivity contribution >= 4 is 11.6 Å². The summed E-state index contributed by atoms with van der Waals surface area (Å²) in [6.07, 6.45) is 4.24. The number of hydrogen-bond acceptors (Lipinski definition) is 4. The summed E-state index contributed by atoms with van der Waals surface area (Å²) < 4.78 is 1.67. The highest BCUT2D eigenvalue weighted by molar-refractivity contribution is 5.96. The standard InChI is InChI=1S/C12H21N5O/c1-3-17-8-10(13)11(15-17)12(18)14-6-7-16(2)9-4-5-9/h8-9H,3-7,13H2,1-2H3,(H,14,18). The van der Waals surface area contributed by atoms with Crippen LogP contribution in [0.2, 0.25) is 0 Å². The van der Waals surface area contributed by atoms with Crippen LogP contribution in [0.3, 0.4) is 0 Å².